The van der Waals surface area contributed by atoms with Crippen LogP contribution in [-0.4, -0.2) is 55.2 Å². The summed E-state index contributed by atoms with van der Waals surface area (Å²) in [5.74, 6) is 0. The van der Waals surface area contributed by atoms with E-state index in [9.17, 15) is 0 Å². The molecule has 0 amide bonds. The molecular weight excluding hydrogens is 236 g/mol. The Balaban J connectivity index is 2.06. The van der Waals surface area contributed by atoms with Crippen LogP contribution in [0.1, 0.15) is 33.6 Å². The molecule has 4 heteroatoms. The number of nitrogens with one attached hydrogen (secondary N) is 1. The van der Waals surface area contributed by atoms with Crippen LogP contribution >= 0.6 is 11.6 Å². The summed E-state index contributed by atoms with van der Waals surface area (Å²) in [6, 6.07) is 0.624. The van der Waals surface area contributed by atoms with Gasteiger partial charge in [-0.1, -0.05) is 0 Å². The predicted octanol–water partition coefficient (Wildman–Crippen LogP) is 2.09. The molecule has 1 aliphatic heterocycles. The third-order valence-electron chi connectivity index (χ3n) is 3.23. The number of alkyl halides is 1. The van der Waals surface area contributed by atoms with Gasteiger partial charge in [-0.15, -0.1) is 11.6 Å². The second-order valence-electron chi connectivity index (χ2n) is 5.21. The van der Waals surface area contributed by atoms with Crippen LogP contribution in [0.15, 0.2) is 0 Å². The Morgan fingerprint density at radius 3 is 2.82 bits per heavy atom. The van der Waals surface area contributed by atoms with Crippen LogP contribution in [0.2, 0.25) is 0 Å². The third-order valence-corrected chi connectivity index (χ3v) is 3.45. The van der Waals surface area contributed by atoms with Gasteiger partial charge in [0.15, 0.2) is 0 Å². The summed E-state index contributed by atoms with van der Waals surface area (Å²) in [7, 11) is 0. The molecule has 1 fully saturated rings. The molecule has 0 aromatic rings. The first-order valence-electron chi connectivity index (χ1n) is 6.80. The molecule has 3 nitrogen and oxygen atoms in total. The molecule has 2 atom stereocenters. The van der Waals surface area contributed by atoms with Crippen LogP contribution in [0, 0.1) is 0 Å². The molecule has 102 valence electrons. The Kier molecular flexibility index (Phi) is 7.44. The minimum Gasteiger partial charge on any atom is -0.374 e. The topological polar surface area (TPSA) is 24.5 Å². The lowest BCUT2D eigenvalue weighted by molar-refractivity contribution is -0.0370. The summed E-state index contributed by atoms with van der Waals surface area (Å²) in [5.41, 5.74) is 0. The molecular formula is C13H27ClN2O. The summed E-state index contributed by atoms with van der Waals surface area (Å²) >= 11 is 5.90. The lowest BCUT2D eigenvalue weighted by Gasteiger charge is -2.35. The lowest BCUT2D eigenvalue weighted by atomic mass is 10.2. The number of nitrogens with zero attached hydrogens (tertiary/aromatic N) is 1. The maximum atomic E-state index is 5.90. The zero-order valence-electron chi connectivity index (χ0n) is 11.4. The Labute approximate surface area is 111 Å². The van der Waals surface area contributed by atoms with Crippen LogP contribution in [0.5, 0.6) is 0 Å². The average Bonchev–Trinajstić information content (AvgIpc) is 2.28. The van der Waals surface area contributed by atoms with E-state index in [0.717, 1.165) is 45.6 Å². The summed E-state index contributed by atoms with van der Waals surface area (Å²) in [6.07, 6.45) is 2.57. The zero-order valence-corrected chi connectivity index (χ0v) is 12.2. The normalized spacial score (nSPS) is 24.2. The van der Waals surface area contributed by atoms with E-state index in [4.69, 9.17) is 16.3 Å². The maximum Gasteiger partial charge on any atom is 0.0826 e. The SMILES string of the molecule is CC(Cl)CCCNCC1CN(C(C)C)CCO1. The van der Waals surface area contributed by atoms with E-state index in [2.05, 4.69) is 24.1 Å². The highest BCUT2D eigenvalue weighted by Crippen LogP contribution is 2.08. The van der Waals surface area contributed by atoms with Crippen molar-refractivity contribution in [1.82, 2.24) is 10.2 Å². The molecule has 0 bridgehead atoms. The van der Waals surface area contributed by atoms with Crippen LogP contribution in [0.3, 0.4) is 0 Å². The first-order chi connectivity index (χ1) is 8.09. The van der Waals surface area contributed by atoms with E-state index < -0.39 is 0 Å². The molecule has 0 radical (unpaired) electrons. The van der Waals surface area contributed by atoms with Gasteiger partial charge in [0.1, 0.15) is 0 Å². The molecule has 0 saturated carbocycles. The van der Waals surface area contributed by atoms with E-state index in [1.807, 2.05) is 6.92 Å². The van der Waals surface area contributed by atoms with Gasteiger partial charge in [0.25, 0.3) is 0 Å². The zero-order chi connectivity index (χ0) is 12.7. The Bertz CT molecular complexity index is 200. The number of rotatable bonds is 7. The molecule has 1 rings (SSSR count). The molecule has 2 unspecified atom stereocenters. The third kappa shape index (κ3) is 6.61. The number of hydrogen-bond acceptors (Lipinski definition) is 3. The van der Waals surface area contributed by atoms with Crippen LogP contribution in [-0.2, 0) is 4.74 Å². The lowest BCUT2D eigenvalue weighted by Crippen LogP contribution is -2.49. The first kappa shape index (κ1) is 15.2. The highest BCUT2D eigenvalue weighted by atomic mass is 35.5. The monoisotopic (exact) mass is 262 g/mol. The molecule has 0 aromatic heterocycles. The van der Waals surface area contributed by atoms with E-state index in [-0.39, 0.29) is 0 Å². The number of hydrogen-bond donors (Lipinski definition) is 1. The smallest absolute Gasteiger partial charge is 0.0826 e. The fraction of sp³-hybridized carbons (Fsp3) is 1.00. The van der Waals surface area contributed by atoms with Crippen molar-refractivity contribution in [2.24, 2.45) is 0 Å². The van der Waals surface area contributed by atoms with Gasteiger partial charge in [0, 0.05) is 31.1 Å². The minimum atomic E-state index is 0.291. The average molecular weight is 263 g/mol. The number of halogens is 1. The summed E-state index contributed by atoms with van der Waals surface area (Å²) in [5, 5.41) is 3.75. The Morgan fingerprint density at radius 1 is 1.41 bits per heavy atom. The van der Waals surface area contributed by atoms with Gasteiger partial charge >= 0.3 is 0 Å². The summed E-state index contributed by atoms with van der Waals surface area (Å²) < 4.78 is 5.76. The van der Waals surface area contributed by atoms with Crippen LogP contribution in [0.4, 0.5) is 0 Å². The second kappa shape index (κ2) is 8.30. The standard InChI is InChI=1S/C13H27ClN2O/c1-11(2)16-7-8-17-13(10-16)9-15-6-4-5-12(3)14/h11-13,15H,4-10H2,1-3H3. The molecule has 1 N–H and O–H groups in total. The van der Waals surface area contributed by atoms with Gasteiger partial charge < -0.3 is 10.1 Å². The van der Waals surface area contributed by atoms with Crippen molar-refractivity contribution in [1.29, 1.82) is 0 Å². The van der Waals surface area contributed by atoms with Crippen molar-refractivity contribution in [2.75, 3.05) is 32.8 Å². The second-order valence-corrected chi connectivity index (χ2v) is 5.95. The molecule has 0 aliphatic carbocycles. The summed E-state index contributed by atoms with van der Waals surface area (Å²) in [6.45, 7) is 11.5. The molecule has 1 saturated heterocycles. The van der Waals surface area contributed by atoms with Crippen molar-refractivity contribution in [3.8, 4) is 0 Å². The van der Waals surface area contributed by atoms with Gasteiger partial charge in [-0.2, -0.15) is 0 Å². The van der Waals surface area contributed by atoms with Gasteiger partial charge in [-0.05, 0) is 40.2 Å². The minimum absolute atomic E-state index is 0.291. The Morgan fingerprint density at radius 2 is 2.18 bits per heavy atom. The van der Waals surface area contributed by atoms with Crippen molar-refractivity contribution in [3.05, 3.63) is 0 Å². The number of ether oxygens (including phenoxy) is 1. The quantitative estimate of drug-likeness (QED) is 0.562. The van der Waals surface area contributed by atoms with E-state index in [1.165, 1.54) is 0 Å². The molecule has 0 aromatic carbocycles. The fourth-order valence-corrected chi connectivity index (χ4v) is 2.26. The van der Waals surface area contributed by atoms with Crippen molar-refractivity contribution in [3.63, 3.8) is 0 Å². The van der Waals surface area contributed by atoms with Crippen molar-refractivity contribution in [2.45, 2.75) is 51.1 Å². The van der Waals surface area contributed by atoms with Gasteiger partial charge in [-0.25, -0.2) is 0 Å². The Hall–Kier alpha value is 0.170. The van der Waals surface area contributed by atoms with Crippen LogP contribution in [0.25, 0.3) is 0 Å². The fourth-order valence-electron chi connectivity index (χ4n) is 2.11. The van der Waals surface area contributed by atoms with Gasteiger partial charge in [0.2, 0.25) is 0 Å². The highest BCUT2D eigenvalue weighted by Gasteiger charge is 2.21. The molecule has 1 aliphatic rings. The predicted molar refractivity (Wildman–Crippen MR) is 73.9 cm³/mol. The van der Waals surface area contributed by atoms with E-state index in [0.29, 0.717) is 17.5 Å². The molecule has 17 heavy (non-hydrogen) atoms. The largest absolute Gasteiger partial charge is 0.374 e. The summed E-state index contributed by atoms with van der Waals surface area (Å²) in [4.78, 5) is 2.48. The van der Waals surface area contributed by atoms with Crippen LogP contribution < -0.4 is 5.32 Å². The van der Waals surface area contributed by atoms with E-state index >= 15 is 0 Å². The molecule has 1 heterocycles. The van der Waals surface area contributed by atoms with Gasteiger partial charge in [-0.3, -0.25) is 4.90 Å². The van der Waals surface area contributed by atoms with Gasteiger partial charge in [0.05, 0.1) is 12.7 Å². The van der Waals surface area contributed by atoms with Crippen molar-refractivity contribution < 1.29 is 4.74 Å². The molecule has 0 spiro atoms. The first-order valence-corrected chi connectivity index (χ1v) is 7.23. The maximum absolute atomic E-state index is 5.90. The van der Waals surface area contributed by atoms with E-state index in [1.54, 1.807) is 0 Å². The highest BCUT2D eigenvalue weighted by molar-refractivity contribution is 6.20. The number of morpholine rings is 1. The van der Waals surface area contributed by atoms with Crippen molar-refractivity contribution >= 4 is 11.6 Å².